The molecule has 0 spiro atoms. The number of amides is 4. The molecule has 0 unspecified atom stereocenters. The zero-order chi connectivity index (χ0) is 51.6. The van der Waals surface area contributed by atoms with E-state index in [9.17, 15) is 24.0 Å². The van der Waals surface area contributed by atoms with Crippen molar-refractivity contribution in [3.63, 3.8) is 0 Å². The van der Waals surface area contributed by atoms with Crippen LogP contribution in [0.15, 0.2) is 60.7 Å². The van der Waals surface area contributed by atoms with Gasteiger partial charge in [0.1, 0.15) is 0 Å². The monoisotopic (exact) mass is 1010 g/mol. The van der Waals surface area contributed by atoms with Gasteiger partial charge in [0.25, 0.3) is 23.6 Å². The van der Waals surface area contributed by atoms with E-state index >= 15 is 0 Å². The number of rotatable bonds is 32. The molecule has 0 aromatic heterocycles. The Morgan fingerprint density at radius 3 is 1.25 bits per heavy atom. The largest absolute Gasteiger partial charge is 0.462 e. The minimum atomic E-state index is -2.16. The molecule has 7 rings (SSSR count). The van der Waals surface area contributed by atoms with Gasteiger partial charge < -0.3 is 8.85 Å². The lowest BCUT2D eigenvalue weighted by Gasteiger charge is -2.35. The van der Waals surface area contributed by atoms with Crippen LogP contribution in [-0.2, 0) is 13.6 Å². The molecule has 5 aromatic rings. The summed E-state index contributed by atoms with van der Waals surface area (Å²) in [6.07, 6.45) is 25.2. The van der Waals surface area contributed by atoms with Gasteiger partial charge in [0, 0.05) is 51.2 Å². The minimum Gasteiger partial charge on any atom is -0.462 e. The molecule has 0 bridgehead atoms. The zero-order valence-electron chi connectivity index (χ0n) is 45.0. The Bertz CT molecular complexity index is 2620. The van der Waals surface area contributed by atoms with Gasteiger partial charge in [-0.25, -0.2) is 4.79 Å². The van der Waals surface area contributed by atoms with Crippen molar-refractivity contribution in [1.29, 1.82) is 0 Å². The second-order valence-electron chi connectivity index (χ2n) is 22.5. The van der Waals surface area contributed by atoms with Crippen molar-refractivity contribution >= 4 is 89.3 Å². The second kappa shape index (κ2) is 25.0. The van der Waals surface area contributed by atoms with Crippen molar-refractivity contribution in [1.82, 2.24) is 9.80 Å². The number of fused-ring (bicyclic) bond motifs is 2. The maximum absolute atomic E-state index is 14.9. The number of ether oxygens (including phenoxy) is 1. The van der Waals surface area contributed by atoms with Crippen LogP contribution in [0, 0.1) is 0 Å². The molecule has 0 saturated heterocycles. The van der Waals surface area contributed by atoms with Gasteiger partial charge in [-0.05, 0) is 127 Å². The normalized spacial score (nSPS) is 14.2. The zero-order valence-corrected chi connectivity index (χ0v) is 47.0. The third-order valence-corrected chi connectivity index (χ3v) is 23.2. The fourth-order valence-corrected chi connectivity index (χ4v) is 20.8. The molecular weight excluding hydrogens is 929 g/mol. The predicted molar refractivity (Wildman–Crippen MR) is 302 cm³/mol. The van der Waals surface area contributed by atoms with E-state index < -0.39 is 16.6 Å². The first kappa shape index (κ1) is 55.0. The number of imide groups is 2. The molecule has 11 heteroatoms. The molecule has 0 atom stereocenters. The average molecular weight is 1010 g/mol. The fourth-order valence-electron chi connectivity index (χ4n) is 12.0. The van der Waals surface area contributed by atoms with E-state index in [1.807, 2.05) is 48.5 Å². The minimum absolute atomic E-state index is 0.139. The number of nitrogens with zero attached hydrogens (tertiary/aromatic N) is 2. The smallest absolute Gasteiger partial charge is 0.333 e. The van der Waals surface area contributed by atoms with E-state index in [4.69, 9.17) is 8.85 Å². The Labute approximate surface area is 432 Å². The summed E-state index contributed by atoms with van der Waals surface area (Å²) in [7, 11) is -4.23. The first-order chi connectivity index (χ1) is 34.6. The highest BCUT2D eigenvalue weighted by Gasteiger charge is 2.40. The number of benzene rings is 5. The Morgan fingerprint density at radius 1 is 0.500 bits per heavy atom. The van der Waals surface area contributed by atoms with Crippen molar-refractivity contribution in [2.75, 3.05) is 13.2 Å². The Kier molecular flexibility index (Phi) is 19.1. The summed E-state index contributed by atoms with van der Waals surface area (Å²) in [5, 5.41) is 6.75. The number of carbonyl (C=O) groups excluding carboxylic acids is 5. The lowest BCUT2D eigenvalue weighted by atomic mass is 9.82. The highest BCUT2D eigenvalue weighted by atomic mass is 28.4. The molecule has 2 aliphatic rings. The molecule has 5 aromatic carbocycles. The van der Waals surface area contributed by atoms with Gasteiger partial charge >= 0.3 is 5.97 Å². The molecule has 2 aliphatic heterocycles. The summed E-state index contributed by atoms with van der Waals surface area (Å²) in [4.78, 5) is 73.3. The van der Waals surface area contributed by atoms with Gasteiger partial charge in [0.2, 0.25) is 0 Å². The van der Waals surface area contributed by atoms with Crippen molar-refractivity contribution in [2.45, 2.75) is 206 Å². The van der Waals surface area contributed by atoms with E-state index in [0.29, 0.717) is 58.2 Å². The third kappa shape index (κ3) is 12.6. The first-order valence-electron chi connectivity index (χ1n) is 28.1. The van der Waals surface area contributed by atoms with Crippen LogP contribution in [0.1, 0.15) is 203 Å². The standard InChI is InChI=1S/C61H84N2O7Si2/c1-9-11-13-15-17-19-21-23-25-29-44(30-26-24-22-20-18-16-14-12-10-2)63-59(66)51-37-33-47-45-31-35-49-55-50(36-32-46(53(45)55)48-34-38-52(60(63)67)56(51)54(47)48)58(65)62(57(49)64)39-27-41-71(5,6)70-72(7,8)42-28-40-69-61(68)43(3)4/h31-38,44H,3,9-30,39-42H2,1-2,4-8H3. The first-order valence-corrected chi connectivity index (χ1v) is 34.3. The van der Waals surface area contributed by atoms with Crippen LogP contribution in [-0.4, -0.2) is 75.2 Å². The Morgan fingerprint density at radius 2 is 0.861 bits per heavy atom. The summed E-state index contributed by atoms with van der Waals surface area (Å²) in [5.74, 6) is -1.33. The van der Waals surface area contributed by atoms with Gasteiger partial charge in [0.15, 0.2) is 16.6 Å². The maximum atomic E-state index is 14.9. The lowest BCUT2D eigenvalue weighted by molar-refractivity contribution is -0.138. The number of carbonyl (C=O) groups is 5. The molecule has 388 valence electrons. The van der Waals surface area contributed by atoms with Crippen LogP contribution in [0.25, 0.3) is 43.1 Å². The summed E-state index contributed by atoms with van der Waals surface area (Å²) >= 11 is 0. The molecule has 9 nitrogen and oxygen atoms in total. The van der Waals surface area contributed by atoms with Gasteiger partial charge in [-0.2, -0.15) is 0 Å². The molecule has 0 fully saturated rings. The van der Waals surface area contributed by atoms with Crippen molar-refractivity contribution in [3.8, 4) is 0 Å². The van der Waals surface area contributed by atoms with Gasteiger partial charge in [0.05, 0.1) is 6.61 Å². The van der Waals surface area contributed by atoms with Crippen molar-refractivity contribution in [3.05, 3.63) is 82.9 Å². The van der Waals surface area contributed by atoms with E-state index in [2.05, 4.69) is 46.6 Å². The molecule has 72 heavy (non-hydrogen) atoms. The van der Waals surface area contributed by atoms with Crippen LogP contribution in [0.4, 0.5) is 0 Å². The molecule has 0 aliphatic carbocycles. The highest BCUT2D eigenvalue weighted by molar-refractivity contribution is 6.84. The number of hydrogen-bond acceptors (Lipinski definition) is 7. The van der Waals surface area contributed by atoms with E-state index in [0.717, 1.165) is 89.4 Å². The Balaban J connectivity index is 1.08. The van der Waals surface area contributed by atoms with E-state index in [-0.39, 0.29) is 35.6 Å². The van der Waals surface area contributed by atoms with E-state index in [1.165, 1.54) is 94.8 Å². The Hall–Kier alpha value is -4.72. The van der Waals surface area contributed by atoms with Gasteiger partial charge in [-0.15, -0.1) is 0 Å². The maximum Gasteiger partial charge on any atom is 0.333 e. The average Bonchev–Trinajstić information content (AvgIpc) is 3.34. The van der Waals surface area contributed by atoms with Crippen LogP contribution in [0.5, 0.6) is 0 Å². The summed E-state index contributed by atoms with van der Waals surface area (Å²) in [6.45, 7) is 19.2. The van der Waals surface area contributed by atoms with Crippen molar-refractivity contribution < 1.29 is 32.8 Å². The van der Waals surface area contributed by atoms with Crippen LogP contribution < -0.4 is 0 Å². The third-order valence-electron chi connectivity index (χ3n) is 15.6. The summed E-state index contributed by atoms with van der Waals surface area (Å²) in [6, 6.07) is 17.1. The quantitative estimate of drug-likeness (QED) is 0.00802. The SMILES string of the molecule is C=C(C)C(=O)OCCC[Si](C)(C)O[Si](C)(C)CCCN1C(=O)c2ccc3c4ccc5c6c(ccc(c7ccc(c2c37)C1=O)c64)C(=O)N(C(CCCCCCCCCCC)CCCCCCCCCCC)C5=O. The second-order valence-corrected chi connectivity index (χ2v) is 31.4. The number of unbranched alkanes of at least 4 members (excludes halogenated alkanes) is 16. The molecule has 2 heterocycles. The lowest BCUT2D eigenvalue weighted by Crippen LogP contribution is -2.47. The predicted octanol–water partition coefficient (Wildman–Crippen LogP) is 16.5. The molecular formula is C61H84N2O7Si2. The van der Waals surface area contributed by atoms with Crippen LogP contribution in [0.2, 0.25) is 38.3 Å². The topological polar surface area (TPSA) is 110 Å². The molecule has 0 N–H and O–H groups in total. The summed E-state index contributed by atoms with van der Waals surface area (Å²) in [5.41, 5.74) is 2.57. The van der Waals surface area contributed by atoms with Crippen LogP contribution >= 0.6 is 0 Å². The number of esters is 1. The molecule has 0 saturated carbocycles. The van der Waals surface area contributed by atoms with Gasteiger partial charge in [-0.1, -0.05) is 160 Å². The number of hydrogen-bond donors (Lipinski definition) is 0. The highest BCUT2D eigenvalue weighted by Crippen LogP contribution is 2.47. The summed E-state index contributed by atoms with van der Waals surface area (Å²) < 4.78 is 12.1. The fraction of sp³-hybridized carbons (Fsp3) is 0.557. The molecule has 4 amide bonds. The van der Waals surface area contributed by atoms with Crippen LogP contribution in [0.3, 0.4) is 0 Å². The van der Waals surface area contributed by atoms with E-state index in [1.54, 1.807) is 11.8 Å². The van der Waals surface area contributed by atoms with Crippen molar-refractivity contribution in [2.24, 2.45) is 0 Å². The molecule has 0 radical (unpaired) electrons. The van der Waals surface area contributed by atoms with Gasteiger partial charge in [-0.3, -0.25) is 29.0 Å².